The topological polar surface area (TPSA) is 60.0 Å². The average Bonchev–Trinajstić information content (AvgIpc) is 4.04. The average molecular weight is 960 g/mol. The Hall–Kier alpha value is -10.2. The Labute approximate surface area is 433 Å². The Balaban J connectivity index is 0.882. The van der Waals surface area contributed by atoms with Crippen molar-refractivity contribution in [3.8, 4) is 73.2 Å². The molecular formula is C69H45N5O. The number of hydrogen-bond donors (Lipinski definition) is 0. The molecule has 0 spiro atoms. The normalized spacial score (nSPS) is 11.5. The van der Waals surface area contributed by atoms with E-state index in [1.165, 1.54) is 16.5 Å². The minimum Gasteiger partial charge on any atom is -0.455 e. The molecule has 3 aromatic heterocycles. The molecule has 3 heterocycles. The molecule has 0 N–H and O–H groups in total. The Morgan fingerprint density at radius 3 is 1.33 bits per heavy atom. The number of hydrogen-bond acceptors (Lipinski definition) is 5. The minimum atomic E-state index is 0.552. The number of benzene rings is 11. The first-order valence-electron chi connectivity index (χ1n) is 25.3. The van der Waals surface area contributed by atoms with E-state index in [-0.39, 0.29) is 0 Å². The lowest BCUT2D eigenvalue weighted by atomic mass is 9.98. The molecule has 0 aliphatic carbocycles. The predicted molar refractivity (Wildman–Crippen MR) is 309 cm³/mol. The summed E-state index contributed by atoms with van der Waals surface area (Å²) in [6.07, 6.45) is 0. The number of para-hydroxylation sites is 4. The molecule has 75 heavy (non-hydrogen) atoms. The summed E-state index contributed by atoms with van der Waals surface area (Å²) in [6, 6.07) is 96.0. The maximum Gasteiger partial charge on any atom is 0.167 e. The minimum absolute atomic E-state index is 0.552. The molecule has 6 nitrogen and oxygen atoms in total. The van der Waals surface area contributed by atoms with Gasteiger partial charge in [-0.25, -0.2) is 15.0 Å². The van der Waals surface area contributed by atoms with E-state index in [9.17, 15) is 0 Å². The van der Waals surface area contributed by atoms with Crippen molar-refractivity contribution in [2.75, 3.05) is 4.90 Å². The Bertz CT molecular complexity index is 4330. The molecule has 0 atom stereocenters. The van der Waals surface area contributed by atoms with Gasteiger partial charge >= 0.3 is 0 Å². The van der Waals surface area contributed by atoms with E-state index < -0.39 is 0 Å². The van der Waals surface area contributed by atoms with Crippen LogP contribution in [0.3, 0.4) is 0 Å². The molecule has 6 heteroatoms. The van der Waals surface area contributed by atoms with Crippen LogP contribution >= 0.6 is 0 Å². The highest BCUT2D eigenvalue weighted by Crippen LogP contribution is 2.43. The zero-order valence-electron chi connectivity index (χ0n) is 40.6. The second-order valence-electron chi connectivity index (χ2n) is 18.8. The molecule has 0 unspecified atom stereocenters. The van der Waals surface area contributed by atoms with Crippen LogP contribution < -0.4 is 4.90 Å². The fourth-order valence-electron chi connectivity index (χ4n) is 10.7. The van der Waals surface area contributed by atoms with Crippen LogP contribution in [0, 0.1) is 0 Å². The van der Waals surface area contributed by atoms with E-state index >= 15 is 0 Å². The summed E-state index contributed by atoms with van der Waals surface area (Å²) in [4.78, 5) is 17.4. The van der Waals surface area contributed by atoms with Crippen LogP contribution in [0.5, 0.6) is 0 Å². The highest BCUT2D eigenvalue weighted by atomic mass is 16.3. The van der Waals surface area contributed by atoms with Crippen LogP contribution in [0.1, 0.15) is 0 Å². The van der Waals surface area contributed by atoms with E-state index in [1.807, 2.05) is 66.7 Å². The van der Waals surface area contributed by atoms with Crippen LogP contribution in [0.25, 0.3) is 117 Å². The van der Waals surface area contributed by atoms with Gasteiger partial charge < -0.3 is 13.9 Å². The van der Waals surface area contributed by atoms with E-state index in [0.29, 0.717) is 17.5 Å². The summed E-state index contributed by atoms with van der Waals surface area (Å²) in [5.74, 6) is 1.76. The summed E-state index contributed by atoms with van der Waals surface area (Å²) >= 11 is 0. The molecule has 0 bridgehead atoms. The number of furan rings is 1. The van der Waals surface area contributed by atoms with Gasteiger partial charge in [-0.2, -0.15) is 0 Å². The van der Waals surface area contributed by atoms with Crippen LogP contribution in [-0.2, 0) is 0 Å². The molecule has 0 radical (unpaired) electrons. The van der Waals surface area contributed by atoms with Crippen molar-refractivity contribution >= 4 is 60.8 Å². The van der Waals surface area contributed by atoms with Gasteiger partial charge in [0.2, 0.25) is 0 Å². The third kappa shape index (κ3) is 7.89. The molecule has 14 rings (SSSR count). The van der Waals surface area contributed by atoms with Gasteiger partial charge in [0, 0.05) is 61.0 Å². The maximum atomic E-state index is 7.07. The first-order chi connectivity index (χ1) is 37.2. The number of aromatic nitrogens is 4. The SMILES string of the molecule is c1ccc(-c2cccc(N(c3ccccc3)c3ccc(-c4ccc5c(c4)c4cc(-c6cccc7c6oc6c(-c8nc(-c9ccccc9)nc(-c9ccccc9)n8)cccc67)ccc4n5-c4ccccc4)cc3)c2)cc1. The molecule has 11 aromatic carbocycles. The maximum absolute atomic E-state index is 7.07. The molecule has 0 aliphatic heterocycles. The molecule has 0 amide bonds. The van der Waals surface area contributed by atoms with Crippen LogP contribution in [0.15, 0.2) is 277 Å². The number of anilines is 3. The molecular weight excluding hydrogens is 915 g/mol. The lowest BCUT2D eigenvalue weighted by Crippen LogP contribution is -2.09. The summed E-state index contributed by atoms with van der Waals surface area (Å²) in [5, 5.41) is 4.34. The van der Waals surface area contributed by atoms with Crippen LogP contribution in [0.2, 0.25) is 0 Å². The fraction of sp³-hybridized carbons (Fsp3) is 0. The van der Waals surface area contributed by atoms with Gasteiger partial charge in [-0.1, -0.05) is 194 Å². The highest BCUT2D eigenvalue weighted by molar-refractivity contribution is 6.15. The monoisotopic (exact) mass is 959 g/mol. The Morgan fingerprint density at radius 2 is 0.707 bits per heavy atom. The van der Waals surface area contributed by atoms with Crippen molar-refractivity contribution in [1.82, 2.24) is 19.5 Å². The van der Waals surface area contributed by atoms with Crippen LogP contribution in [-0.4, -0.2) is 19.5 Å². The van der Waals surface area contributed by atoms with Gasteiger partial charge in [-0.15, -0.1) is 0 Å². The molecule has 0 saturated carbocycles. The van der Waals surface area contributed by atoms with Crippen molar-refractivity contribution in [3.05, 3.63) is 273 Å². The number of nitrogens with zero attached hydrogens (tertiary/aromatic N) is 5. The zero-order chi connectivity index (χ0) is 49.7. The summed E-state index contributed by atoms with van der Waals surface area (Å²) in [6.45, 7) is 0. The first kappa shape index (κ1) is 43.6. The largest absolute Gasteiger partial charge is 0.455 e. The van der Waals surface area contributed by atoms with Crippen molar-refractivity contribution in [2.24, 2.45) is 0 Å². The predicted octanol–water partition coefficient (Wildman–Crippen LogP) is 18.3. The van der Waals surface area contributed by atoms with E-state index in [1.54, 1.807) is 0 Å². The molecule has 0 aliphatic rings. The lowest BCUT2D eigenvalue weighted by molar-refractivity contribution is 0.670. The van der Waals surface area contributed by atoms with E-state index in [0.717, 1.165) is 100 Å². The van der Waals surface area contributed by atoms with E-state index in [4.69, 9.17) is 19.4 Å². The molecule has 0 fully saturated rings. The third-order valence-corrected chi connectivity index (χ3v) is 14.2. The molecule has 0 saturated heterocycles. The first-order valence-corrected chi connectivity index (χ1v) is 25.3. The summed E-state index contributed by atoms with van der Waals surface area (Å²) in [7, 11) is 0. The second kappa shape index (κ2) is 18.5. The summed E-state index contributed by atoms with van der Waals surface area (Å²) < 4.78 is 9.44. The third-order valence-electron chi connectivity index (χ3n) is 14.2. The zero-order valence-corrected chi connectivity index (χ0v) is 40.6. The van der Waals surface area contributed by atoms with Gasteiger partial charge in [0.15, 0.2) is 17.5 Å². The van der Waals surface area contributed by atoms with Gasteiger partial charge in [-0.3, -0.25) is 0 Å². The van der Waals surface area contributed by atoms with E-state index in [2.05, 4.69) is 216 Å². The lowest BCUT2D eigenvalue weighted by Gasteiger charge is -2.26. The number of fused-ring (bicyclic) bond motifs is 6. The van der Waals surface area contributed by atoms with Gasteiger partial charge in [0.05, 0.1) is 16.6 Å². The summed E-state index contributed by atoms with van der Waals surface area (Å²) in [5.41, 5.74) is 17.5. The van der Waals surface area contributed by atoms with Crippen molar-refractivity contribution < 1.29 is 4.42 Å². The quantitative estimate of drug-likeness (QED) is 0.137. The Kier molecular flexibility index (Phi) is 10.7. The second-order valence-corrected chi connectivity index (χ2v) is 18.8. The van der Waals surface area contributed by atoms with Crippen molar-refractivity contribution in [1.29, 1.82) is 0 Å². The van der Waals surface area contributed by atoms with Gasteiger partial charge in [0.25, 0.3) is 0 Å². The van der Waals surface area contributed by atoms with Crippen LogP contribution in [0.4, 0.5) is 17.1 Å². The standard InChI is InChI=1S/C69H45N5O/c1-6-19-46(20-7-1)50-25-16-30-56(43-50)73(53-26-12-4-13-27-53)55-39-35-47(36-40-55)51-37-41-63-61(44-51)62-45-52(38-42-64(62)74(63)54-28-14-5-15-29-54)57-31-17-32-58-59-33-18-34-60(66(59)75-65(57)58)69-71-67(48-21-8-2-9-22-48)70-68(72-69)49-23-10-3-11-24-49/h1-45H. The van der Waals surface area contributed by atoms with Crippen molar-refractivity contribution in [3.63, 3.8) is 0 Å². The van der Waals surface area contributed by atoms with Gasteiger partial charge in [0.1, 0.15) is 11.2 Å². The Morgan fingerprint density at radius 1 is 0.280 bits per heavy atom. The highest BCUT2D eigenvalue weighted by Gasteiger charge is 2.21. The van der Waals surface area contributed by atoms with Crippen molar-refractivity contribution in [2.45, 2.75) is 0 Å². The fourth-order valence-corrected chi connectivity index (χ4v) is 10.7. The molecule has 14 aromatic rings. The van der Waals surface area contributed by atoms with Gasteiger partial charge in [-0.05, 0) is 107 Å². The molecule has 352 valence electrons. The number of rotatable bonds is 10. The smallest absolute Gasteiger partial charge is 0.167 e.